The molecule has 2 N–H and O–H groups in total. The molecule has 1 unspecified atom stereocenters. The van der Waals surface area contributed by atoms with Crippen LogP contribution in [0.1, 0.15) is 32.8 Å². The fraction of sp³-hybridized carbons (Fsp3) is 0.500. The van der Waals surface area contributed by atoms with E-state index in [1.807, 2.05) is 20.8 Å². The van der Waals surface area contributed by atoms with E-state index in [1.165, 1.54) is 0 Å². The maximum atomic E-state index is 12.5. The average molecular weight is 364 g/mol. The Bertz CT molecular complexity index is 652. The smallest absolute Gasteiger partial charge is 0.307 e. The molecule has 1 aliphatic rings. The Morgan fingerprint density at radius 3 is 2.44 bits per heavy atom. The van der Waals surface area contributed by atoms with E-state index in [2.05, 4.69) is 5.32 Å². The summed E-state index contributed by atoms with van der Waals surface area (Å²) in [5, 5.41) is 11.6. The van der Waals surface area contributed by atoms with Crippen molar-refractivity contribution in [2.75, 3.05) is 16.9 Å². The Balaban J connectivity index is 1.99. The molecule has 1 aromatic rings. The van der Waals surface area contributed by atoms with Crippen molar-refractivity contribution >= 4 is 35.2 Å². The lowest BCUT2D eigenvalue weighted by molar-refractivity contribution is -0.137. The third-order valence-corrected chi connectivity index (χ3v) is 4.78. The summed E-state index contributed by atoms with van der Waals surface area (Å²) in [5.41, 5.74) is 1.15. The van der Waals surface area contributed by atoms with Crippen molar-refractivity contribution in [3.63, 3.8) is 0 Å². The Kier molecular flexibility index (Phi) is 6.11. The minimum atomic E-state index is -0.896. The lowest BCUT2D eigenvalue weighted by Gasteiger charge is -2.26. The van der Waals surface area contributed by atoms with E-state index < -0.39 is 12.0 Å². The molecule has 0 spiro atoms. The number of carboxylic acid groups (broad SMARTS) is 1. The third-order valence-electron chi connectivity index (χ3n) is 3.76. The summed E-state index contributed by atoms with van der Waals surface area (Å²) in [6.45, 7) is 6.01. The van der Waals surface area contributed by atoms with Gasteiger partial charge in [-0.25, -0.2) is 0 Å². The number of carboxylic acids is 1. The van der Waals surface area contributed by atoms with Gasteiger partial charge in [0.25, 0.3) is 0 Å². The number of hydrogen-bond donors (Lipinski definition) is 2. The molecule has 0 aromatic heterocycles. The summed E-state index contributed by atoms with van der Waals surface area (Å²) in [4.78, 5) is 37.3. The highest BCUT2D eigenvalue weighted by Crippen LogP contribution is 2.27. The van der Waals surface area contributed by atoms with Crippen LogP contribution in [-0.2, 0) is 20.8 Å². The third kappa shape index (κ3) is 5.77. The van der Waals surface area contributed by atoms with Crippen molar-refractivity contribution in [3.8, 4) is 0 Å². The second-order valence-electron chi connectivity index (χ2n) is 7.37. The maximum Gasteiger partial charge on any atom is 0.307 e. The molecular weight excluding hydrogens is 340 g/mol. The number of thioether (sulfide) groups is 1. The first kappa shape index (κ1) is 19.3. The van der Waals surface area contributed by atoms with Gasteiger partial charge >= 0.3 is 5.97 Å². The van der Waals surface area contributed by atoms with Crippen LogP contribution in [0.3, 0.4) is 0 Å². The van der Waals surface area contributed by atoms with E-state index in [1.54, 1.807) is 40.9 Å². The van der Waals surface area contributed by atoms with Crippen LogP contribution >= 0.6 is 11.8 Å². The first-order valence-electron chi connectivity index (χ1n) is 8.14. The fourth-order valence-electron chi connectivity index (χ4n) is 2.57. The summed E-state index contributed by atoms with van der Waals surface area (Å²) in [7, 11) is 0. The minimum absolute atomic E-state index is 0.00513. The van der Waals surface area contributed by atoms with Crippen molar-refractivity contribution in [1.29, 1.82) is 0 Å². The van der Waals surface area contributed by atoms with Crippen LogP contribution in [0.4, 0.5) is 5.69 Å². The van der Waals surface area contributed by atoms with Crippen LogP contribution in [0.2, 0.25) is 0 Å². The average Bonchev–Trinajstić information content (AvgIpc) is 2.96. The molecule has 2 rings (SSSR count). The quantitative estimate of drug-likeness (QED) is 0.839. The molecule has 1 saturated heterocycles. The molecule has 1 heterocycles. The number of carbonyl (C=O) groups is 3. The molecule has 2 amide bonds. The zero-order valence-corrected chi connectivity index (χ0v) is 15.6. The minimum Gasteiger partial charge on any atom is -0.481 e. The van der Waals surface area contributed by atoms with Crippen molar-refractivity contribution in [2.45, 2.75) is 39.7 Å². The molecule has 136 valence electrons. The summed E-state index contributed by atoms with van der Waals surface area (Å²) in [6, 6.07) is 6.24. The van der Waals surface area contributed by atoms with Crippen LogP contribution in [0.5, 0.6) is 0 Å². The summed E-state index contributed by atoms with van der Waals surface area (Å²) >= 11 is 1.57. The standard InChI is InChI=1S/C18H24N2O4S/c1-18(2,3)9-15(21)20-11-25-10-14(20)17(24)19-13-6-4-12(5-7-13)8-16(22)23/h4-7,14H,8-11H2,1-3H3,(H,19,24)(H,22,23). The molecular formula is C18H24N2O4S. The molecule has 1 aromatic carbocycles. The van der Waals surface area contributed by atoms with Crippen molar-refractivity contribution < 1.29 is 19.5 Å². The highest BCUT2D eigenvalue weighted by Gasteiger charge is 2.35. The summed E-state index contributed by atoms with van der Waals surface area (Å²) in [6.07, 6.45) is 0.351. The van der Waals surface area contributed by atoms with E-state index >= 15 is 0 Å². The largest absolute Gasteiger partial charge is 0.481 e. The van der Waals surface area contributed by atoms with E-state index in [0.717, 1.165) is 0 Å². The van der Waals surface area contributed by atoms with E-state index in [0.29, 0.717) is 29.3 Å². The SMILES string of the molecule is CC(C)(C)CC(=O)N1CSCC1C(=O)Nc1ccc(CC(=O)O)cc1. The Hall–Kier alpha value is -2.02. The highest BCUT2D eigenvalue weighted by molar-refractivity contribution is 7.99. The van der Waals surface area contributed by atoms with Crippen molar-refractivity contribution in [3.05, 3.63) is 29.8 Å². The highest BCUT2D eigenvalue weighted by atomic mass is 32.2. The van der Waals surface area contributed by atoms with Crippen LogP contribution in [0.15, 0.2) is 24.3 Å². The summed E-state index contributed by atoms with van der Waals surface area (Å²) in [5.74, 6) is 0.00377. The second kappa shape index (κ2) is 7.91. The Morgan fingerprint density at radius 2 is 1.88 bits per heavy atom. The van der Waals surface area contributed by atoms with Crippen LogP contribution < -0.4 is 5.32 Å². The Morgan fingerprint density at radius 1 is 1.24 bits per heavy atom. The van der Waals surface area contributed by atoms with E-state index in [4.69, 9.17) is 5.11 Å². The van der Waals surface area contributed by atoms with Gasteiger partial charge in [-0.05, 0) is 23.1 Å². The molecule has 6 nitrogen and oxygen atoms in total. The number of carbonyl (C=O) groups excluding carboxylic acids is 2. The number of rotatable bonds is 5. The Labute approximate surface area is 152 Å². The molecule has 0 bridgehead atoms. The zero-order valence-electron chi connectivity index (χ0n) is 14.7. The molecule has 0 radical (unpaired) electrons. The van der Waals surface area contributed by atoms with Crippen LogP contribution in [-0.4, -0.2) is 45.5 Å². The summed E-state index contributed by atoms with van der Waals surface area (Å²) < 4.78 is 0. The molecule has 1 aliphatic heterocycles. The second-order valence-corrected chi connectivity index (χ2v) is 8.37. The lowest BCUT2D eigenvalue weighted by atomic mass is 9.91. The van der Waals surface area contributed by atoms with Gasteiger partial charge in [-0.2, -0.15) is 0 Å². The number of hydrogen-bond acceptors (Lipinski definition) is 4. The number of benzene rings is 1. The van der Waals surface area contributed by atoms with Gasteiger partial charge in [-0.15, -0.1) is 11.8 Å². The van der Waals surface area contributed by atoms with Gasteiger partial charge in [0, 0.05) is 17.9 Å². The van der Waals surface area contributed by atoms with Gasteiger partial charge in [-0.3, -0.25) is 14.4 Å². The maximum absolute atomic E-state index is 12.5. The molecule has 7 heteroatoms. The van der Waals surface area contributed by atoms with Gasteiger partial charge in [0.05, 0.1) is 12.3 Å². The first-order valence-corrected chi connectivity index (χ1v) is 9.30. The van der Waals surface area contributed by atoms with Gasteiger partial charge < -0.3 is 15.3 Å². The number of anilines is 1. The van der Waals surface area contributed by atoms with Crippen LogP contribution in [0, 0.1) is 5.41 Å². The molecule has 1 atom stereocenters. The first-order chi connectivity index (χ1) is 11.7. The normalized spacial score (nSPS) is 17.4. The topological polar surface area (TPSA) is 86.7 Å². The number of nitrogens with one attached hydrogen (secondary N) is 1. The number of amides is 2. The van der Waals surface area contributed by atoms with Gasteiger partial charge in [0.1, 0.15) is 6.04 Å². The van der Waals surface area contributed by atoms with E-state index in [9.17, 15) is 14.4 Å². The van der Waals surface area contributed by atoms with Crippen molar-refractivity contribution in [1.82, 2.24) is 4.90 Å². The van der Waals surface area contributed by atoms with Gasteiger partial charge in [0.2, 0.25) is 11.8 Å². The molecule has 25 heavy (non-hydrogen) atoms. The fourth-order valence-corrected chi connectivity index (χ4v) is 3.75. The molecule has 0 saturated carbocycles. The van der Waals surface area contributed by atoms with E-state index in [-0.39, 0.29) is 23.7 Å². The molecule has 0 aliphatic carbocycles. The number of aliphatic carboxylic acids is 1. The number of nitrogens with zero attached hydrogens (tertiary/aromatic N) is 1. The monoisotopic (exact) mass is 364 g/mol. The van der Waals surface area contributed by atoms with Crippen LogP contribution in [0.25, 0.3) is 0 Å². The van der Waals surface area contributed by atoms with Crippen molar-refractivity contribution in [2.24, 2.45) is 5.41 Å². The lowest BCUT2D eigenvalue weighted by Crippen LogP contribution is -2.45. The molecule has 1 fully saturated rings. The zero-order chi connectivity index (χ0) is 18.6. The van der Waals surface area contributed by atoms with Gasteiger partial charge in [-0.1, -0.05) is 32.9 Å². The predicted octanol–water partition coefficient (Wildman–Crippen LogP) is 2.59. The van der Waals surface area contributed by atoms with Gasteiger partial charge in [0.15, 0.2) is 0 Å². The predicted molar refractivity (Wildman–Crippen MR) is 98.4 cm³/mol.